The number of halogens is 3. The van der Waals surface area contributed by atoms with Gasteiger partial charge >= 0.3 is 0 Å². The Balaban J connectivity index is 2.63. The highest BCUT2D eigenvalue weighted by molar-refractivity contribution is 6.43. The molecule has 2 aromatic rings. The number of nitrogens with zero attached hydrogens (tertiary/aromatic N) is 2. The molecule has 2 rings (SSSR count). The standard InChI is InChI=1S/C11H8Cl2FN3/c1-15-11-16-5-8(14)10(17-11)6-3-2-4-7(12)9(6)13/h2-5H,1H3,(H,15,16,17). The SMILES string of the molecule is CNc1ncc(F)c(-c2cccc(Cl)c2Cl)n1. The average Bonchev–Trinajstić information content (AvgIpc) is 2.34. The minimum Gasteiger partial charge on any atom is -0.357 e. The van der Waals surface area contributed by atoms with Crippen LogP contribution in [0.15, 0.2) is 24.4 Å². The fourth-order valence-corrected chi connectivity index (χ4v) is 1.75. The van der Waals surface area contributed by atoms with Crippen molar-refractivity contribution in [2.45, 2.75) is 0 Å². The van der Waals surface area contributed by atoms with E-state index in [4.69, 9.17) is 23.2 Å². The minimum atomic E-state index is -0.548. The molecular weight excluding hydrogens is 264 g/mol. The maximum Gasteiger partial charge on any atom is 0.223 e. The molecule has 0 unspecified atom stereocenters. The van der Waals surface area contributed by atoms with Gasteiger partial charge in [0.15, 0.2) is 5.82 Å². The zero-order chi connectivity index (χ0) is 12.4. The highest BCUT2D eigenvalue weighted by Gasteiger charge is 2.13. The van der Waals surface area contributed by atoms with E-state index in [0.29, 0.717) is 16.5 Å². The largest absolute Gasteiger partial charge is 0.357 e. The Morgan fingerprint density at radius 3 is 2.76 bits per heavy atom. The second-order valence-electron chi connectivity index (χ2n) is 3.24. The lowest BCUT2D eigenvalue weighted by Crippen LogP contribution is -2.00. The molecule has 0 radical (unpaired) electrons. The van der Waals surface area contributed by atoms with Crippen LogP contribution in [0, 0.1) is 5.82 Å². The van der Waals surface area contributed by atoms with E-state index in [-0.39, 0.29) is 10.7 Å². The summed E-state index contributed by atoms with van der Waals surface area (Å²) in [6.07, 6.45) is 1.09. The molecule has 6 heteroatoms. The third kappa shape index (κ3) is 2.33. The Bertz CT molecular complexity index is 560. The van der Waals surface area contributed by atoms with E-state index in [1.54, 1.807) is 25.2 Å². The van der Waals surface area contributed by atoms with Gasteiger partial charge in [0.1, 0.15) is 5.69 Å². The third-order valence-corrected chi connectivity index (χ3v) is 2.99. The predicted octanol–water partition coefficient (Wildman–Crippen LogP) is 3.63. The van der Waals surface area contributed by atoms with Gasteiger partial charge in [0.2, 0.25) is 5.95 Å². The van der Waals surface area contributed by atoms with Crippen molar-refractivity contribution in [2.24, 2.45) is 0 Å². The van der Waals surface area contributed by atoms with Gasteiger partial charge in [-0.3, -0.25) is 0 Å². The molecule has 0 bridgehead atoms. The van der Waals surface area contributed by atoms with Crippen LogP contribution in [0.3, 0.4) is 0 Å². The summed E-state index contributed by atoms with van der Waals surface area (Å²) in [4.78, 5) is 7.78. The molecule has 1 N–H and O–H groups in total. The summed E-state index contributed by atoms with van der Waals surface area (Å²) in [6, 6.07) is 4.97. The fraction of sp³-hybridized carbons (Fsp3) is 0.0909. The van der Waals surface area contributed by atoms with Crippen molar-refractivity contribution in [3.63, 3.8) is 0 Å². The van der Waals surface area contributed by atoms with Crippen molar-refractivity contribution in [1.82, 2.24) is 9.97 Å². The van der Waals surface area contributed by atoms with Gasteiger partial charge in [-0.2, -0.15) is 0 Å². The molecule has 17 heavy (non-hydrogen) atoms. The molecule has 0 atom stereocenters. The molecular formula is C11H8Cl2FN3. The molecule has 1 aromatic heterocycles. The Morgan fingerprint density at radius 2 is 2.06 bits per heavy atom. The van der Waals surface area contributed by atoms with Crippen LogP contribution in [-0.4, -0.2) is 17.0 Å². The van der Waals surface area contributed by atoms with Crippen LogP contribution in [0.2, 0.25) is 10.0 Å². The van der Waals surface area contributed by atoms with Crippen molar-refractivity contribution < 1.29 is 4.39 Å². The van der Waals surface area contributed by atoms with Crippen molar-refractivity contribution in [2.75, 3.05) is 12.4 Å². The molecule has 3 nitrogen and oxygen atoms in total. The zero-order valence-electron chi connectivity index (χ0n) is 8.84. The van der Waals surface area contributed by atoms with E-state index >= 15 is 0 Å². The van der Waals surface area contributed by atoms with Crippen LogP contribution in [0.1, 0.15) is 0 Å². The molecule has 0 aliphatic rings. The monoisotopic (exact) mass is 271 g/mol. The number of benzene rings is 1. The van der Waals surface area contributed by atoms with Crippen molar-refractivity contribution in [3.8, 4) is 11.3 Å². The quantitative estimate of drug-likeness (QED) is 0.907. The lowest BCUT2D eigenvalue weighted by Gasteiger charge is -2.07. The molecule has 0 aliphatic heterocycles. The molecule has 1 heterocycles. The van der Waals surface area contributed by atoms with Gasteiger partial charge in [-0.05, 0) is 6.07 Å². The molecule has 1 aromatic carbocycles. The van der Waals surface area contributed by atoms with Crippen LogP contribution in [0.25, 0.3) is 11.3 Å². The van der Waals surface area contributed by atoms with Gasteiger partial charge in [0.25, 0.3) is 0 Å². The molecule has 0 aliphatic carbocycles. The Labute approximate surface area is 108 Å². The van der Waals surface area contributed by atoms with Crippen molar-refractivity contribution in [3.05, 3.63) is 40.3 Å². The Kier molecular flexibility index (Phi) is 3.45. The first-order chi connectivity index (χ1) is 8.13. The van der Waals surface area contributed by atoms with E-state index in [2.05, 4.69) is 15.3 Å². The molecule has 0 fully saturated rings. The smallest absolute Gasteiger partial charge is 0.223 e. The van der Waals surface area contributed by atoms with Gasteiger partial charge in [0.05, 0.1) is 16.2 Å². The van der Waals surface area contributed by atoms with Gasteiger partial charge in [-0.15, -0.1) is 0 Å². The number of anilines is 1. The molecule has 0 saturated heterocycles. The second kappa shape index (κ2) is 4.85. The predicted molar refractivity (Wildman–Crippen MR) is 67.0 cm³/mol. The van der Waals surface area contributed by atoms with Gasteiger partial charge in [-0.25, -0.2) is 14.4 Å². The first-order valence-electron chi connectivity index (χ1n) is 4.78. The van der Waals surface area contributed by atoms with Crippen LogP contribution < -0.4 is 5.32 Å². The molecule has 0 amide bonds. The minimum absolute atomic E-state index is 0.122. The summed E-state index contributed by atoms with van der Waals surface area (Å²) in [6.45, 7) is 0. The summed E-state index contributed by atoms with van der Waals surface area (Å²) in [5.74, 6) is -0.231. The van der Waals surface area contributed by atoms with Crippen LogP contribution in [0.4, 0.5) is 10.3 Å². The van der Waals surface area contributed by atoms with Crippen molar-refractivity contribution in [1.29, 1.82) is 0 Å². The molecule has 0 saturated carbocycles. The van der Waals surface area contributed by atoms with E-state index in [9.17, 15) is 4.39 Å². The van der Waals surface area contributed by atoms with E-state index in [0.717, 1.165) is 6.20 Å². The average molecular weight is 272 g/mol. The summed E-state index contributed by atoms with van der Waals surface area (Å²) >= 11 is 11.9. The van der Waals surface area contributed by atoms with E-state index in [1.807, 2.05) is 0 Å². The topological polar surface area (TPSA) is 37.8 Å². The highest BCUT2D eigenvalue weighted by atomic mass is 35.5. The number of hydrogen-bond acceptors (Lipinski definition) is 3. The maximum atomic E-state index is 13.6. The highest BCUT2D eigenvalue weighted by Crippen LogP contribution is 2.33. The third-order valence-electron chi connectivity index (χ3n) is 2.17. The van der Waals surface area contributed by atoms with Crippen molar-refractivity contribution >= 4 is 29.2 Å². The zero-order valence-corrected chi connectivity index (χ0v) is 10.3. The number of rotatable bonds is 2. The van der Waals surface area contributed by atoms with Gasteiger partial charge < -0.3 is 5.32 Å². The lowest BCUT2D eigenvalue weighted by atomic mass is 10.1. The van der Waals surface area contributed by atoms with Gasteiger partial charge in [0, 0.05) is 12.6 Å². The first-order valence-corrected chi connectivity index (χ1v) is 5.53. The fourth-order valence-electron chi connectivity index (χ4n) is 1.36. The summed E-state index contributed by atoms with van der Waals surface area (Å²) in [5.41, 5.74) is 0.562. The van der Waals surface area contributed by atoms with Crippen LogP contribution in [0.5, 0.6) is 0 Å². The van der Waals surface area contributed by atoms with E-state index < -0.39 is 5.82 Å². The van der Waals surface area contributed by atoms with Crippen LogP contribution >= 0.6 is 23.2 Å². The van der Waals surface area contributed by atoms with E-state index in [1.165, 1.54) is 0 Å². The Morgan fingerprint density at radius 1 is 1.29 bits per heavy atom. The molecule has 88 valence electrons. The number of nitrogens with one attached hydrogen (secondary N) is 1. The van der Waals surface area contributed by atoms with Gasteiger partial charge in [-0.1, -0.05) is 35.3 Å². The molecule has 0 spiro atoms. The summed E-state index contributed by atoms with van der Waals surface area (Å²) < 4.78 is 13.6. The summed E-state index contributed by atoms with van der Waals surface area (Å²) in [7, 11) is 1.65. The summed E-state index contributed by atoms with van der Waals surface area (Å²) in [5, 5.41) is 3.36. The number of hydrogen-bond donors (Lipinski definition) is 1. The Hall–Kier alpha value is -1.39. The normalized spacial score (nSPS) is 10.4. The first kappa shape index (κ1) is 12.1. The second-order valence-corrected chi connectivity index (χ2v) is 4.03. The maximum absolute atomic E-state index is 13.6. The lowest BCUT2D eigenvalue weighted by molar-refractivity contribution is 0.619. The van der Waals surface area contributed by atoms with Crippen LogP contribution in [-0.2, 0) is 0 Å². The number of aromatic nitrogens is 2.